The number of carbonyl (C=O) groups is 1. The highest BCUT2D eigenvalue weighted by Crippen LogP contribution is 2.40. The monoisotopic (exact) mass is 333 g/mol. The second-order valence-corrected chi connectivity index (χ2v) is 5.95. The van der Waals surface area contributed by atoms with E-state index in [4.69, 9.17) is 4.74 Å². The third-order valence-corrected chi connectivity index (χ3v) is 4.31. The molecular formula is C14H15N5O5. The van der Waals surface area contributed by atoms with Crippen LogP contribution in [0.1, 0.15) is 18.8 Å². The Balaban J connectivity index is 1.90. The first kappa shape index (κ1) is 15.1. The number of aromatic nitrogens is 4. The Hall–Kier alpha value is -2.40. The van der Waals surface area contributed by atoms with E-state index in [0.29, 0.717) is 22.5 Å². The molecule has 2 aliphatic heterocycles. The molecule has 0 saturated carbocycles. The van der Waals surface area contributed by atoms with Crippen molar-refractivity contribution in [3.8, 4) is 0 Å². The van der Waals surface area contributed by atoms with E-state index in [-0.39, 0.29) is 5.91 Å². The Labute approximate surface area is 135 Å². The van der Waals surface area contributed by atoms with Gasteiger partial charge in [0, 0.05) is 6.08 Å². The minimum absolute atomic E-state index is 0.299. The maximum absolute atomic E-state index is 11.6. The topological polar surface area (TPSA) is 143 Å². The molecule has 1 amide bonds. The maximum atomic E-state index is 11.6. The van der Waals surface area contributed by atoms with Crippen LogP contribution in [-0.2, 0) is 9.53 Å². The van der Waals surface area contributed by atoms with E-state index < -0.39 is 30.6 Å². The summed E-state index contributed by atoms with van der Waals surface area (Å²) in [5.74, 6) is -0.0347. The van der Waals surface area contributed by atoms with E-state index in [1.807, 2.05) is 0 Å². The Morgan fingerprint density at radius 2 is 2.21 bits per heavy atom. The van der Waals surface area contributed by atoms with Crippen LogP contribution in [0.3, 0.4) is 0 Å². The first-order valence-electron chi connectivity index (χ1n) is 7.32. The molecule has 24 heavy (non-hydrogen) atoms. The number of ether oxygens (including phenoxy) is 1. The molecule has 0 aliphatic carbocycles. The van der Waals surface area contributed by atoms with Gasteiger partial charge in [-0.2, -0.15) is 5.10 Å². The second kappa shape index (κ2) is 5.05. The smallest absolute Gasteiger partial charge is 0.249 e. The van der Waals surface area contributed by atoms with E-state index in [2.05, 4.69) is 20.4 Å². The zero-order chi connectivity index (χ0) is 17.1. The number of nitrogens with zero attached hydrogens (tertiary/aromatic N) is 4. The Morgan fingerprint density at radius 3 is 2.92 bits per heavy atom. The molecule has 0 aromatic carbocycles. The molecule has 4 atom stereocenters. The summed E-state index contributed by atoms with van der Waals surface area (Å²) in [6.45, 7) is 0.951. The third kappa shape index (κ3) is 1.97. The van der Waals surface area contributed by atoms with Crippen molar-refractivity contribution in [3.05, 3.63) is 18.1 Å². The highest BCUT2D eigenvalue weighted by atomic mass is 16.6. The summed E-state index contributed by atoms with van der Waals surface area (Å²) in [6.07, 6.45) is 0.781. The number of hydrogen-bond acceptors (Lipinski definition) is 8. The van der Waals surface area contributed by atoms with Crippen LogP contribution in [0, 0.1) is 0 Å². The predicted octanol–water partition coefficient (Wildman–Crippen LogP) is -1.21. The van der Waals surface area contributed by atoms with Crippen LogP contribution in [0.4, 0.5) is 5.82 Å². The Bertz CT molecular complexity index is 861. The van der Waals surface area contributed by atoms with Gasteiger partial charge in [-0.3, -0.25) is 4.79 Å². The normalized spacial score (nSPS) is 32.2. The standard InChI is InChI=1S/C14H15N5O5/c1-14(23)10(22)7(4-20)24-13(14)19-12-9-6(18-19)2-3-8(21)17-11(9)15-5-16-12/h2-3,5,7,10,13,20,22-23H,4H2,1H3,(H,15,16,17,21)/t7-,10-,13-,14-/m1/s1. The van der Waals surface area contributed by atoms with Crippen molar-refractivity contribution in [2.45, 2.75) is 31.0 Å². The molecule has 0 bridgehead atoms. The van der Waals surface area contributed by atoms with E-state index >= 15 is 0 Å². The van der Waals surface area contributed by atoms with Crippen LogP contribution in [0.25, 0.3) is 17.1 Å². The molecule has 4 rings (SSSR count). The number of amides is 1. The summed E-state index contributed by atoms with van der Waals surface area (Å²) in [5.41, 5.74) is -0.926. The van der Waals surface area contributed by atoms with Crippen LogP contribution in [-0.4, -0.2) is 65.4 Å². The molecule has 1 saturated heterocycles. The van der Waals surface area contributed by atoms with Gasteiger partial charge in [-0.15, -0.1) is 0 Å². The summed E-state index contributed by atoms with van der Waals surface area (Å²) in [4.78, 5) is 19.8. The summed E-state index contributed by atoms with van der Waals surface area (Å²) in [5, 5.41) is 37.6. The van der Waals surface area contributed by atoms with Gasteiger partial charge >= 0.3 is 0 Å². The van der Waals surface area contributed by atoms with Gasteiger partial charge < -0.3 is 25.4 Å². The predicted molar refractivity (Wildman–Crippen MR) is 80.6 cm³/mol. The molecule has 4 heterocycles. The molecular weight excluding hydrogens is 318 g/mol. The average Bonchev–Trinajstić information content (AvgIpc) is 2.95. The molecule has 10 heteroatoms. The SMILES string of the molecule is C[C@@]1(O)[C@H](O)[C@@H](CO)O[C@H]1n1nc2c3c(ncnc31)NC(=O)C=C2. The Morgan fingerprint density at radius 1 is 1.42 bits per heavy atom. The van der Waals surface area contributed by atoms with Crippen molar-refractivity contribution in [2.75, 3.05) is 11.9 Å². The van der Waals surface area contributed by atoms with Crippen LogP contribution < -0.4 is 5.32 Å². The fourth-order valence-electron chi connectivity index (χ4n) is 3.04. The van der Waals surface area contributed by atoms with Gasteiger partial charge in [0.15, 0.2) is 11.9 Å². The van der Waals surface area contributed by atoms with Crippen LogP contribution in [0.15, 0.2) is 12.4 Å². The molecule has 2 aliphatic rings. The first-order valence-corrected chi connectivity index (χ1v) is 7.32. The van der Waals surface area contributed by atoms with E-state index in [9.17, 15) is 20.1 Å². The van der Waals surface area contributed by atoms with E-state index in [1.165, 1.54) is 30.1 Å². The second-order valence-electron chi connectivity index (χ2n) is 5.95. The zero-order valence-corrected chi connectivity index (χ0v) is 12.6. The summed E-state index contributed by atoms with van der Waals surface area (Å²) < 4.78 is 6.91. The summed E-state index contributed by atoms with van der Waals surface area (Å²) in [6, 6.07) is 0. The number of hydrogen-bond donors (Lipinski definition) is 4. The van der Waals surface area contributed by atoms with Crippen molar-refractivity contribution < 1.29 is 24.9 Å². The van der Waals surface area contributed by atoms with Crippen molar-refractivity contribution >= 4 is 28.8 Å². The van der Waals surface area contributed by atoms with Gasteiger partial charge in [0.1, 0.15) is 30.0 Å². The largest absolute Gasteiger partial charge is 0.394 e. The van der Waals surface area contributed by atoms with Gasteiger partial charge in [-0.1, -0.05) is 0 Å². The van der Waals surface area contributed by atoms with Crippen LogP contribution in [0.5, 0.6) is 0 Å². The van der Waals surface area contributed by atoms with Crippen molar-refractivity contribution in [3.63, 3.8) is 0 Å². The van der Waals surface area contributed by atoms with Crippen LogP contribution in [0.2, 0.25) is 0 Å². The van der Waals surface area contributed by atoms with Gasteiger partial charge in [0.05, 0.1) is 17.7 Å². The number of carbonyl (C=O) groups excluding carboxylic acids is 1. The van der Waals surface area contributed by atoms with Crippen LogP contribution >= 0.6 is 0 Å². The molecule has 0 radical (unpaired) electrons. The molecule has 4 N–H and O–H groups in total. The molecule has 10 nitrogen and oxygen atoms in total. The van der Waals surface area contributed by atoms with Gasteiger partial charge in [-0.05, 0) is 13.0 Å². The fraction of sp³-hybridized carbons (Fsp3) is 0.429. The van der Waals surface area contributed by atoms with Crippen molar-refractivity contribution in [2.24, 2.45) is 0 Å². The lowest BCUT2D eigenvalue weighted by molar-refractivity contribution is -0.111. The molecule has 2 aromatic rings. The third-order valence-electron chi connectivity index (χ3n) is 4.31. The minimum atomic E-state index is -1.69. The number of rotatable bonds is 2. The average molecular weight is 333 g/mol. The lowest BCUT2D eigenvalue weighted by Crippen LogP contribution is -2.44. The van der Waals surface area contributed by atoms with Gasteiger partial charge in [0.25, 0.3) is 0 Å². The van der Waals surface area contributed by atoms with Gasteiger partial charge in [0.2, 0.25) is 5.91 Å². The first-order chi connectivity index (χ1) is 11.4. The number of anilines is 1. The quantitative estimate of drug-likeness (QED) is 0.536. The highest BCUT2D eigenvalue weighted by molar-refractivity contribution is 6.10. The molecule has 1 fully saturated rings. The number of aliphatic hydroxyl groups is 3. The number of nitrogens with one attached hydrogen (secondary N) is 1. The molecule has 0 spiro atoms. The summed E-state index contributed by atoms with van der Waals surface area (Å²) in [7, 11) is 0. The Kier molecular flexibility index (Phi) is 3.18. The zero-order valence-electron chi connectivity index (χ0n) is 12.6. The fourth-order valence-corrected chi connectivity index (χ4v) is 3.04. The molecule has 126 valence electrons. The summed E-state index contributed by atoms with van der Waals surface area (Å²) >= 11 is 0. The van der Waals surface area contributed by atoms with Crippen molar-refractivity contribution in [1.29, 1.82) is 0 Å². The van der Waals surface area contributed by atoms with E-state index in [1.54, 1.807) is 0 Å². The highest BCUT2D eigenvalue weighted by Gasteiger charge is 2.53. The lowest BCUT2D eigenvalue weighted by Gasteiger charge is -2.26. The van der Waals surface area contributed by atoms with E-state index in [0.717, 1.165) is 0 Å². The maximum Gasteiger partial charge on any atom is 0.249 e. The van der Waals surface area contributed by atoms with Gasteiger partial charge in [-0.25, -0.2) is 14.6 Å². The number of aliphatic hydroxyl groups excluding tert-OH is 2. The molecule has 2 aromatic heterocycles. The van der Waals surface area contributed by atoms with Crippen molar-refractivity contribution in [1.82, 2.24) is 19.7 Å². The molecule has 0 unspecified atom stereocenters. The lowest BCUT2D eigenvalue weighted by atomic mass is 9.97. The minimum Gasteiger partial charge on any atom is -0.394 e.